The summed E-state index contributed by atoms with van der Waals surface area (Å²) in [5.74, 6) is -1.21. The Morgan fingerprint density at radius 3 is 2.06 bits per heavy atom. The maximum absolute atomic E-state index is 12.5. The summed E-state index contributed by atoms with van der Waals surface area (Å²) in [7, 11) is 0. The van der Waals surface area contributed by atoms with Crippen LogP contribution in [0, 0.1) is 0 Å². The van der Waals surface area contributed by atoms with E-state index < -0.39 is 23.9 Å². The average Bonchev–Trinajstić information content (AvgIpc) is 2.13. The monoisotopic (exact) mass is 276 g/mol. The van der Waals surface area contributed by atoms with E-state index in [-0.39, 0.29) is 4.90 Å². The van der Waals surface area contributed by atoms with E-state index >= 15 is 0 Å². The van der Waals surface area contributed by atoms with Gasteiger partial charge in [0, 0.05) is 0 Å². The van der Waals surface area contributed by atoms with Crippen LogP contribution in [0.2, 0.25) is 0 Å². The minimum Gasteiger partial charge on any atom is -0.404 e. The van der Waals surface area contributed by atoms with Crippen LogP contribution in [0.15, 0.2) is 23.1 Å². The molecule has 0 saturated carbocycles. The van der Waals surface area contributed by atoms with Crippen LogP contribution < -0.4 is 4.74 Å². The summed E-state index contributed by atoms with van der Waals surface area (Å²) in [6, 6.07) is 2.69. The Kier molecular flexibility index (Phi) is 3.85. The second-order valence-corrected chi connectivity index (χ2v) is 3.73. The molecule has 0 N–H and O–H groups in total. The zero-order chi connectivity index (χ0) is 13.3. The van der Waals surface area contributed by atoms with Gasteiger partial charge >= 0.3 is 12.5 Å². The first-order valence-electron chi connectivity index (χ1n) is 4.15. The number of rotatable bonds is 2. The highest BCUT2D eigenvalue weighted by Crippen LogP contribution is 2.43. The van der Waals surface area contributed by atoms with E-state index in [9.17, 15) is 26.3 Å². The van der Waals surface area contributed by atoms with Crippen molar-refractivity contribution >= 4 is 11.8 Å². The van der Waals surface area contributed by atoms with Gasteiger partial charge in [0.15, 0.2) is 5.75 Å². The number of benzene rings is 1. The molecule has 0 radical (unpaired) electrons. The average molecular weight is 276 g/mol. The van der Waals surface area contributed by atoms with Crippen LogP contribution in [0.3, 0.4) is 0 Å². The van der Waals surface area contributed by atoms with Gasteiger partial charge in [-0.15, -0.1) is 24.9 Å². The third-order valence-corrected chi connectivity index (χ3v) is 2.48. The summed E-state index contributed by atoms with van der Waals surface area (Å²) in [6.07, 6.45) is -8.70. The maximum Gasteiger partial charge on any atom is 0.573 e. The predicted octanol–water partition coefficient (Wildman–Crippen LogP) is 4.33. The molecule has 1 aromatic carbocycles. The molecule has 1 nitrogen and oxygen atoms in total. The fourth-order valence-corrected chi connectivity index (χ4v) is 1.67. The number of thioether (sulfide) groups is 1. The molecule has 0 atom stereocenters. The van der Waals surface area contributed by atoms with Gasteiger partial charge in [0.25, 0.3) is 0 Å². The Hall–Kier alpha value is -1.05. The highest BCUT2D eigenvalue weighted by Gasteiger charge is 2.40. The first-order chi connectivity index (χ1) is 7.65. The normalized spacial score (nSPS) is 12.6. The molecular formula is C9H6F6OS. The Bertz CT molecular complexity index is 397. The minimum absolute atomic E-state index is 0.225. The fourth-order valence-electron chi connectivity index (χ4n) is 1.12. The first-order valence-corrected chi connectivity index (χ1v) is 5.37. The summed E-state index contributed by atoms with van der Waals surface area (Å²) < 4.78 is 77.0. The predicted molar refractivity (Wildman–Crippen MR) is 49.9 cm³/mol. The largest absolute Gasteiger partial charge is 0.573 e. The zero-order valence-corrected chi connectivity index (χ0v) is 9.13. The maximum atomic E-state index is 12.5. The van der Waals surface area contributed by atoms with Crippen molar-refractivity contribution in [1.82, 2.24) is 0 Å². The van der Waals surface area contributed by atoms with Gasteiger partial charge in [0.05, 0.1) is 10.5 Å². The molecule has 0 aliphatic rings. The lowest BCUT2D eigenvalue weighted by Gasteiger charge is -2.17. The third-order valence-electron chi connectivity index (χ3n) is 1.72. The molecule has 96 valence electrons. The van der Waals surface area contributed by atoms with E-state index in [1.807, 2.05) is 0 Å². The van der Waals surface area contributed by atoms with Crippen molar-refractivity contribution in [3.05, 3.63) is 23.8 Å². The highest BCUT2D eigenvalue weighted by molar-refractivity contribution is 7.98. The number of ether oxygens (including phenoxy) is 1. The first kappa shape index (κ1) is 14.0. The molecule has 0 amide bonds. The van der Waals surface area contributed by atoms with E-state index in [4.69, 9.17) is 0 Å². The van der Waals surface area contributed by atoms with Gasteiger partial charge < -0.3 is 4.74 Å². The summed E-state index contributed by atoms with van der Waals surface area (Å²) in [6.45, 7) is 0. The van der Waals surface area contributed by atoms with Gasteiger partial charge in [-0.3, -0.25) is 0 Å². The number of halogens is 6. The van der Waals surface area contributed by atoms with Gasteiger partial charge in [-0.05, 0) is 18.4 Å². The van der Waals surface area contributed by atoms with Crippen molar-refractivity contribution in [2.75, 3.05) is 6.26 Å². The van der Waals surface area contributed by atoms with Gasteiger partial charge in [-0.2, -0.15) is 13.2 Å². The van der Waals surface area contributed by atoms with Crippen LogP contribution in [0.1, 0.15) is 5.56 Å². The third kappa shape index (κ3) is 3.72. The molecule has 0 aliphatic carbocycles. The van der Waals surface area contributed by atoms with Gasteiger partial charge in [0.1, 0.15) is 0 Å². The molecule has 0 saturated heterocycles. The molecule has 17 heavy (non-hydrogen) atoms. The molecular weight excluding hydrogens is 270 g/mol. The number of hydrogen-bond donors (Lipinski definition) is 0. The highest BCUT2D eigenvalue weighted by atomic mass is 32.2. The zero-order valence-electron chi connectivity index (χ0n) is 8.32. The van der Waals surface area contributed by atoms with Gasteiger partial charge in [-0.25, -0.2) is 0 Å². The second-order valence-electron chi connectivity index (χ2n) is 2.88. The topological polar surface area (TPSA) is 9.23 Å². The molecule has 0 spiro atoms. The molecule has 1 aromatic rings. The quantitative estimate of drug-likeness (QED) is 0.587. The van der Waals surface area contributed by atoms with E-state index in [0.717, 1.165) is 23.9 Å². The van der Waals surface area contributed by atoms with E-state index in [1.165, 1.54) is 6.26 Å². The van der Waals surface area contributed by atoms with Crippen LogP contribution in [0.4, 0.5) is 26.3 Å². The summed E-state index contributed by atoms with van der Waals surface area (Å²) >= 11 is 0.741. The van der Waals surface area contributed by atoms with Gasteiger partial charge in [0.2, 0.25) is 0 Å². The van der Waals surface area contributed by atoms with Crippen molar-refractivity contribution in [1.29, 1.82) is 0 Å². The van der Waals surface area contributed by atoms with Crippen LogP contribution in [-0.2, 0) is 6.18 Å². The van der Waals surface area contributed by atoms with E-state index in [1.54, 1.807) is 0 Å². The lowest BCUT2D eigenvalue weighted by molar-refractivity contribution is -0.277. The molecule has 0 aliphatic heterocycles. The lowest BCUT2D eigenvalue weighted by atomic mass is 10.2. The van der Waals surface area contributed by atoms with E-state index in [2.05, 4.69) is 4.74 Å². The number of hydrogen-bond acceptors (Lipinski definition) is 2. The summed E-state index contributed by atoms with van der Waals surface area (Å²) in [5, 5.41) is 0. The Labute approximate surface area is 96.8 Å². The van der Waals surface area contributed by atoms with Crippen molar-refractivity contribution in [3.63, 3.8) is 0 Å². The molecule has 0 heterocycles. The SMILES string of the molecule is CSc1cccc(C(F)(F)F)c1OC(F)(F)F. The van der Waals surface area contributed by atoms with Crippen molar-refractivity contribution in [2.45, 2.75) is 17.4 Å². The van der Waals surface area contributed by atoms with Crippen molar-refractivity contribution in [3.8, 4) is 5.75 Å². The van der Waals surface area contributed by atoms with Crippen LogP contribution >= 0.6 is 11.8 Å². The van der Waals surface area contributed by atoms with E-state index in [0.29, 0.717) is 6.07 Å². The van der Waals surface area contributed by atoms with Crippen LogP contribution in [0.5, 0.6) is 5.75 Å². The number of para-hydroxylation sites is 1. The minimum atomic E-state index is -5.16. The molecule has 0 fully saturated rings. The molecule has 0 aromatic heterocycles. The standard InChI is InChI=1S/C9H6F6OS/c1-17-6-4-2-3-5(8(10,11)12)7(6)16-9(13,14)15/h2-4H,1H3. The van der Waals surface area contributed by atoms with Crippen LogP contribution in [0.25, 0.3) is 0 Å². The molecule has 1 rings (SSSR count). The lowest BCUT2D eigenvalue weighted by Crippen LogP contribution is -2.20. The Morgan fingerprint density at radius 1 is 1.06 bits per heavy atom. The molecule has 0 unspecified atom stereocenters. The fraction of sp³-hybridized carbons (Fsp3) is 0.333. The molecule has 8 heteroatoms. The smallest absolute Gasteiger partial charge is 0.404 e. The molecule has 0 bridgehead atoms. The van der Waals surface area contributed by atoms with Crippen LogP contribution in [-0.4, -0.2) is 12.6 Å². The number of alkyl halides is 6. The van der Waals surface area contributed by atoms with Crippen molar-refractivity contribution < 1.29 is 31.1 Å². The second kappa shape index (κ2) is 4.67. The Balaban J connectivity index is 3.31. The Morgan fingerprint density at radius 2 is 1.65 bits per heavy atom. The van der Waals surface area contributed by atoms with Gasteiger partial charge in [-0.1, -0.05) is 6.07 Å². The summed E-state index contributed by atoms with van der Waals surface area (Å²) in [5.41, 5.74) is -1.44. The summed E-state index contributed by atoms with van der Waals surface area (Å²) in [4.78, 5) is -0.225. The van der Waals surface area contributed by atoms with Crippen molar-refractivity contribution in [2.24, 2.45) is 0 Å².